The Balaban J connectivity index is 2.20. The second-order valence-electron chi connectivity index (χ2n) is 4.66. The Hall–Kier alpha value is -0.740. The molecule has 20 heavy (non-hydrogen) atoms. The molecule has 0 aliphatic carbocycles. The molecule has 1 aromatic rings. The van der Waals surface area contributed by atoms with Gasteiger partial charge in [0.2, 0.25) is 10.0 Å². The fraction of sp³-hybridized carbons (Fsp3) is 0.455. The molecule has 0 radical (unpaired) electrons. The second kappa shape index (κ2) is 5.57. The van der Waals surface area contributed by atoms with E-state index in [4.69, 9.17) is 10.5 Å². The Morgan fingerprint density at radius 3 is 2.85 bits per heavy atom. The molecule has 0 amide bonds. The molecule has 112 valence electrons. The third-order valence-corrected chi connectivity index (χ3v) is 5.08. The third kappa shape index (κ3) is 3.29. The molecule has 0 bridgehead atoms. The molecule has 9 heteroatoms. The zero-order valence-electron chi connectivity index (χ0n) is 10.4. The van der Waals surface area contributed by atoms with Crippen molar-refractivity contribution in [2.45, 2.75) is 16.9 Å². The summed E-state index contributed by atoms with van der Waals surface area (Å²) in [4.78, 5) is -0.242. The van der Waals surface area contributed by atoms with Gasteiger partial charge in [-0.2, -0.15) is 0 Å². The van der Waals surface area contributed by atoms with Gasteiger partial charge in [-0.05, 0) is 28.1 Å². The molecule has 0 aromatic heterocycles. The molecule has 1 aliphatic rings. The van der Waals surface area contributed by atoms with Gasteiger partial charge in [0.15, 0.2) is 0 Å². The minimum absolute atomic E-state index is 0.00464. The highest BCUT2D eigenvalue weighted by Crippen LogP contribution is 2.26. The Bertz CT molecular complexity index is 617. The van der Waals surface area contributed by atoms with Crippen molar-refractivity contribution in [2.24, 2.45) is 0 Å². The van der Waals surface area contributed by atoms with Gasteiger partial charge >= 0.3 is 0 Å². The van der Waals surface area contributed by atoms with Crippen LogP contribution in [0.25, 0.3) is 0 Å². The van der Waals surface area contributed by atoms with E-state index < -0.39 is 21.4 Å². The minimum Gasteiger partial charge on any atom is -0.398 e. The van der Waals surface area contributed by atoms with E-state index in [2.05, 4.69) is 20.7 Å². The lowest BCUT2D eigenvalue weighted by atomic mass is 10.1. The highest BCUT2D eigenvalue weighted by Gasteiger charge is 2.34. The summed E-state index contributed by atoms with van der Waals surface area (Å²) in [7, 11) is -3.94. The molecule has 1 unspecified atom stereocenters. The molecule has 0 spiro atoms. The Morgan fingerprint density at radius 2 is 2.25 bits per heavy atom. The van der Waals surface area contributed by atoms with Gasteiger partial charge in [-0.25, -0.2) is 17.5 Å². The van der Waals surface area contributed by atoms with Crippen molar-refractivity contribution in [2.75, 3.05) is 25.5 Å². The van der Waals surface area contributed by atoms with Crippen molar-refractivity contribution in [1.82, 2.24) is 4.72 Å². The van der Waals surface area contributed by atoms with Crippen LogP contribution >= 0.6 is 15.9 Å². The van der Waals surface area contributed by atoms with Gasteiger partial charge in [-0.15, -0.1) is 0 Å². The highest BCUT2D eigenvalue weighted by atomic mass is 79.9. The minimum atomic E-state index is -3.94. The summed E-state index contributed by atoms with van der Waals surface area (Å²) in [6.45, 7) is 0.254. The van der Waals surface area contributed by atoms with Crippen molar-refractivity contribution >= 4 is 31.6 Å². The lowest BCUT2D eigenvalue weighted by Gasteiger charge is -2.21. The fourth-order valence-electron chi connectivity index (χ4n) is 1.82. The largest absolute Gasteiger partial charge is 0.398 e. The van der Waals surface area contributed by atoms with Crippen LogP contribution < -0.4 is 10.5 Å². The second-order valence-corrected chi connectivity index (χ2v) is 7.25. The highest BCUT2D eigenvalue weighted by molar-refractivity contribution is 9.10. The third-order valence-electron chi connectivity index (χ3n) is 3.02. The topological polar surface area (TPSA) is 102 Å². The van der Waals surface area contributed by atoms with Crippen LogP contribution in [-0.4, -0.2) is 38.9 Å². The number of benzene rings is 1. The number of ether oxygens (including phenoxy) is 1. The molecule has 1 saturated heterocycles. The van der Waals surface area contributed by atoms with Gasteiger partial charge in [0.25, 0.3) is 0 Å². The van der Waals surface area contributed by atoms with Crippen molar-refractivity contribution in [3.8, 4) is 0 Å². The number of rotatable bonds is 4. The summed E-state index contributed by atoms with van der Waals surface area (Å²) < 4.78 is 44.8. The molecule has 0 saturated carbocycles. The van der Waals surface area contributed by atoms with E-state index in [-0.39, 0.29) is 28.2 Å². The van der Waals surface area contributed by atoms with Crippen LogP contribution in [0.15, 0.2) is 21.5 Å². The zero-order valence-corrected chi connectivity index (χ0v) is 12.8. The first-order chi connectivity index (χ1) is 9.23. The Morgan fingerprint density at radius 1 is 1.55 bits per heavy atom. The van der Waals surface area contributed by atoms with Gasteiger partial charge < -0.3 is 15.6 Å². The molecule has 6 nitrogen and oxygen atoms in total. The molecule has 4 N–H and O–H groups in total. The van der Waals surface area contributed by atoms with Crippen molar-refractivity contribution in [3.63, 3.8) is 0 Å². The van der Waals surface area contributed by atoms with Crippen LogP contribution in [0.3, 0.4) is 0 Å². The average Bonchev–Trinajstić information content (AvgIpc) is 2.79. The standard InChI is InChI=1S/C11H14BrFN2O4S/c12-7-3-10(9(14)4-8(7)13)20(17,18)15-5-11(16)1-2-19-6-11/h3-4,15-16H,1-2,5-6,14H2. The summed E-state index contributed by atoms with van der Waals surface area (Å²) in [5.41, 5.74) is 4.10. The molecule has 2 rings (SSSR count). The first-order valence-electron chi connectivity index (χ1n) is 5.78. The smallest absolute Gasteiger partial charge is 0.242 e. The number of nitrogens with one attached hydrogen (secondary N) is 1. The number of aliphatic hydroxyl groups is 1. The van der Waals surface area contributed by atoms with Crippen LogP contribution in [0.5, 0.6) is 0 Å². The molecular formula is C11H14BrFN2O4S. The molecule has 1 fully saturated rings. The van der Waals surface area contributed by atoms with Crippen LogP contribution in [0, 0.1) is 5.82 Å². The maximum atomic E-state index is 13.2. The summed E-state index contributed by atoms with van der Waals surface area (Å²) in [6.07, 6.45) is 0.345. The maximum Gasteiger partial charge on any atom is 0.242 e. The SMILES string of the molecule is Nc1cc(F)c(Br)cc1S(=O)(=O)NCC1(O)CCOC1. The summed E-state index contributed by atoms with van der Waals surface area (Å²) in [6, 6.07) is 2.01. The average molecular weight is 369 g/mol. The van der Waals surface area contributed by atoms with Crippen LogP contribution in [-0.2, 0) is 14.8 Å². The number of sulfonamides is 1. The van der Waals surface area contributed by atoms with E-state index in [0.29, 0.717) is 13.0 Å². The molecule has 1 atom stereocenters. The fourth-order valence-corrected chi connectivity index (χ4v) is 3.57. The molecule has 1 aliphatic heterocycles. The van der Waals surface area contributed by atoms with E-state index >= 15 is 0 Å². The van der Waals surface area contributed by atoms with Crippen molar-refractivity contribution < 1.29 is 22.7 Å². The van der Waals surface area contributed by atoms with Crippen LogP contribution in [0.4, 0.5) is 10.1 Å². The van der Waals surface area contributed by atoms with Gasteiger partial charge in [-0.1, -0.05) is 0 Å². The lowest BCUT2D eigenvalue weighted by molar-refractivity contribution is 0.0314. The first kappa shape index (κ1) is 15.6. The quantitative estimate of drug-likeness (QED) is 0.675. The number of nitrogen functional groups attached to an aromatic ring is 1. The summed E-state index contributed by atoms with van der Waals surface area (Å²) in [5, 5.41) is 10.0. The number of nitrogens with two attached hydrogens (primary N) is 1. The van der Waals surface area contributed by atoms with E-state index in [1.54, 1.807) is 0 Å². The van der Waals surface area contributed by atoms with Crippen LogP contribution in [0.2, 0.25) is 0 Å². The number of halogens is 2. The monoisotopic (exact) mass is 368 g/mol. The van der Waals surface area contributed by atoms with Crippen LogP contribution in [0.1, 0.15) is 6.42 Å². The van der Waals surface area contributed by atoms with Crippen molar-refractivity contribution in [3.05, 3.63) is 22.4 Å². The van der Waals surface area contributed by atoms with E-state index in [9.17, 15) is 17.9 Å². The van der Waals surface area contributed by atoms with Crippen molar-refractivity contribution in [1.29, 1.82) is 0 Å². The zero-order chi connectivity index (χ0) is 15.0. The van der Waals surface area contributed by atoms with E-state index in [1.807, 2.05) is 0 Å². The van der Waals surface area contributed by atoms with Gasteiger partial charge in [0.1, 0.15) is 16.3 Å². The summed E-state index contributed by atoms with van der Waals surface area (Å²) in [5.74, 6) is -0.649. The Kier molecular flexibility index (Phi) is 4.35. The first-order valence-corrected chi connectivity index (χ1v) is 8.05. The number of anilines is 1. The van der Waals surface area contributed by atoms with Gasteiger partial charge in [-0.3, -0.25) is 0 Å². The van der Waals surface area contributed by atoms with Gasteiger partial charge in [0.05, 0.1) is 16.8 Å². The number of hydrogen-bond donors (Lipinski definition) is 3. The summed E-state index contributed by atoms with van der Waals surface area (Å²) >= 11 is 2.91. The van der Waals surface area contributed by atoms with Gasteiger partial charge in [0, 0.05) is 19.6 Å². The normalized spacial score (nSPS) is 23.1. The predicted molar refractivity (Wildman–Crippen MR) is 74.1 cm³/mol. The maximum absolute atomic E-state index is 13.2. The molecular weight excluding hydrogens is 355 g/mol. The van der Waals surface area contributed by atoms with E-state index in [0.717, 1.165) is 12.1 Å². The lowest BCUT2D eigenvalue weighted by Crippen LogP contribution is -2.43. The molecule has 1 heterocycles. The van der Waals surface area contributed by atoms with E-state index in [1.165, 1.54) is 0 Å². The Labute approximate surface area is 124 Å². The molecule has 1 aromatic carbocycles. The number of hydrogen-bond acceptors (Lipinski definition) is 5. The predicted octanol–water partition coefficient (Wildman–Crippen LogP) is 0.600.